The summed E-state index contributed by atoms with van der Waals surface area (Å²) in [5.41, 5.74) is 0.515. The summed E-state index contributed by atoms with van der Waals surface area (Å²) in [7, 11) is 0. The standard InChI is InChI=1S/C11H19NO/c1-2-5-10(4-1)8-12-9-11(13-10)6-3-7-11/h12H,1-9H2. The van der Waals surface area contributed by atoms with Gasteiger partial charge in [-0.2, -0.15) is 0 Å². The van der Waals surface area contributed by atoms with Crippen LogP contribution in [0, 0.1) is 0 Å². The van der Waals surface area contributed by atoms with Gasteiger partial charge in [-0.05, 0) is 32.1 Å². The van der Waals surface area contributed by atoms with E-state index in [2.05, 4.69) is 5.32 Å². The van der Waals surface area contributed by atoms with Crippen LogP contribution in [-0.4, -0.2) is 24.3 Å². The van der Waals surface area contributed by atoms with Gasteiger partial charge in [0.15, 0.2) is 0 Å². The summed E-state index contributed by atoms with van der Waals surface area (Å²) < 4.78 is 6.40. The quantitative estimate of drug-likeness (QED) is 0.615. The minimum atomic E-state index is 0.249. The van der Waals surface area contributed by atoms with Crippen LogP contribution in [0.2, 0.25) is 0 Å². The highest BCUT2D eigenvalue weighted by atomic mass is 16.5. The molecule has 2 aliphatic carbocycles. The van der Waals surface area contributed by atoms with Gasteiger partial charge < -0.3 is 10.1 Å². The van der Waals surface area contributed by atoms with Crippen molar-refractivity contribution in [2.45, 2.75) is 56.1 Å². The molecule has 3 rings (SSSR count). The van der Waals surface area contributed by atoms with Crippen molar-refractivity contribution in [1.29, 1.82) is 0 Å². The van der Waals surface area contributed by atoms with Gasteiger partial charge in [0.2, 0.25) is 0 Å². The molecule has 3 fully saturated rings. The average molecular weight is 181 g/mol. The maximum absolute atomic E-state index is 6.40. The molecule has 13 heavy (non-hydrogen) atoms. The zero-order valence-electron chi connectivity index (χ0n) is 8.27. The van der Waals surface area contributed by atoms with E-state index in [1.807, 2.05) is 0 Å². The first-order chi connectivity index (χ1) is 6.33. The zero-order valence-corrected chi connectivity index (χ0v) is 8.27. The molecule has 0 aromatic carbocycles. The maximum Gasteiger partial charge on any atom is 0.0814 e. The Morgan fingerprint density at radius 1 is 0.769 bits per heavy atom. The van der Waals surface area contributed by atoms with Crippen molar-refractivity contribution in [3.8, 4) is 0 Å². The van der Waals surface area contributed by atoms with Crippen LogP contribution in [0.1, 0.15) is 44.9 Å². The Balaban J connectivity index is 1.76. The normalized spacial score (nSPS) is 35.1. The summed E-state index contributed by atoms with van der Waals surface area (Å²) in [4.78, 5) is 0. The third kappa shape index (κ3) is 1.23. The van der Waals surface area contributed by atoms with E-state index < -0.39 is 0 Å². The van der Waals surface area contributed by atoms with E-state index in [0.29, 0.717) is 0 Å². The van der Waals surface area contributed by atoms with Crippen LogP contribution in [0.5, 0.6) is 0 Å². The molecule has 2 spiro atoms. The van der Waals surface area contributed by atoms with E-state index in [1.165, 1.54) is 44.9 Å². The third-order valence-corrected chi connectivity index (χ3v) is 4.11. The number of hydrogen-bond donors (Lipinski definition) is 1. The van der Waals surface area contributed by atoms with Crippen molar-refractivity contribution in [3.63, 3.8) is 0 Å². The van der Waals surface area contributed by atoms with Gasteiger partial charge in [-0.3, -0.25) is 0 Å². The second-order valence-electron chi connectivity index (χ2n) is 5.13. The number of nitrogens with one attached hydrogen (secondary N) is 1. The van der Waals surface area contributed by atoms with Crippen LogP contribution in [-0.2, 0) is 4.74 Å². The molecule has 1 saturated heterocycles. The number of hydrogen-bond acceptors (Lipinski definition) is 2. The Labute approximate surface area is 80.0 Å². The smallest absolute Gasteiger partial charge is 0.0814 e. The second-order valence-corrected chi connectivity index (χ2v) is 5.13. The van der Waals surface area contributed by atoms with Crippen molar-refractivity contribution < 1.29 is 4.74 Å². The van der Waals surface area contributed by atoms with Crippen LogP contribution in [0.15, 0.2) is 0 Å². The first-order valence-electron chi connectivity index (χ1n) is 5.74. The molecule has 2 nitrogen and oxygen atoms in total. The average Bonchev–Trinajstić information content (AvgIpc) is 2.51. The minimum Gasteiger partial charge on any atom is -0.366 e. The molecule has 74 valence electrons. The van der Waals surface area contributed by atoms with Gasteiger partial charge in [0.1, 0.15) is 0 Å². The van der Waals surface area contributed by atoms with Crippen LogP contribution in [0.25, 0.3) is 0 Å². The highest BCUT2D eigenvalue weighted by Crippen LogP contribution is 2.45. The molecule has 1 N–H and O–H groups in total. The monoisotopic (exact) mass is 181 g/mol. The van der Waals surface area contributed by atoms with Gasteiger partial charge in [-0.15, -0.1) is 0 Å². The van der Waals surface area contributed by atoms with Gasteiger partial charge >= 0.3 is 0 Å². The summed E-state index contributed by atoms with van der Waals surface area (Å²) in [6.07, 6.45) is 9.29. The molecule has 3 aliphatic rings. The van der Waals surface area contributed by atoms with Crippen LogP contribution >= 0.6 is 0 Å². The Hall–Kier alpha value is -0.0800. The first-order valence-corrected chi connectivity index (χ1v) is 5.74. The fraction of sp³-hybridized carbons (Fsp3) is 1.00. The van der Waals surface area contributed by atoms with Crippen molar-refractivity contribution >= 4 is 0 Å². The Kier molecular flexibility index (Phi) is 1.72. The molecule has 0 radical (unpaired) electrons. The molecule has 0 amide bonds. The first kappa shape index (κ1) is 8.25. The van der Waals surface area contributed by atoms with E-state index in [4.69, 9.17) is 4.74 Å². The SMILES string of the molecule is C1CCC2(C1)CNCC1(CCC1)O2. The molecule has 0 atom stereocenters. The lowest BCUT2D eigenvalue weighted by Gasteiger charge is -2.52. The van der Waals surface area contributed by atoms with Crippen LogP contribution in [0.4, 0.5) is 0 Å². The summed E-state index contributed by atoms with van der Waals surface area (Å²) in [5, 5.41) is 3.59. The number of rotatable bonds is 0. The van der Waals surface area contributed by atoms with Gasteiger partial charge in [0.25, 0.3) is 0 Å². The molecule has 1 aliphatic heterocycles. The summed E-state index contributed by atoms with van der Waals surface area (Å²) in [5.74, 6) is 0. The Bertz CT molecular complexity index is 204. The zero-order chi connectivity index (χ0) is 8.78. The Morgan fingerprint density at radius 2 is 1.31 bits per heavy atom. The largest absolute Gasteiger partial charge is 0.366 e. The van der Waals surface area contributed by atoms with Crippen molar-refractivity contribution in [1.82, 2.24) is 5.32 Å². The number of morpholine rings is 1. The summed E-state index contributed by atoms with van der Waals surface area (Å²) in [6.45, 7) is 2.21. The fourth-order valence-corrected chi connectivity index (χ4v) is 3.20. The molecular formula is C11H19NO. The van der Waals surface area contributed by atoms with E-state index in [1.54, 1.807) is 0 Å². The van der Waals surface area contributed by atoms with Crippen molar-refractivity contribution in [3.05, 3.63) is 0 Å². The predicted molar refractivity (Wildman–Crippen MR) is 51.7 cm³/mol. The lowest BCUT2D eigenvalue weighted by molar-refractivity contribution is -0.207. The fourth-order valence-electron chi connectivity index (χ4n) is 3.20. The molecular weight excluding hydrogens is 162 g/mol. The summed E-state index contributed by atoms with van der Waals surface area (Å²) in [6, 6.07) is 0. The van der Waals surface area contributed by atoms with Gasteiger partial charge in [0, 0.05) is 13.1 Å². The van der Waals surface area contributed by atoms with Gasteiger partial charge in [-0.25, -0.2) is 0 Å². The van der Waals surface area contributed by atoms with Crippen LogP contribution < -0.4 is 5.32 Å². The topological polar surface area (TPSA) is 21.3 Å². The lowest BCUT2D eigenvalue weighted by atomic mass is 9.77. The molecule has 2 saturated carbocycles. The predicted octanol–water partition coefficient (Wildman–Crippen LogP) is 1.84. The van der Waals surface area contributed by atoms with E-state index >= 15 is 0 Å². The lowest BCUT2D eigenvalue weighted by Crippen LogP contribution is -2.62. The van der Waals surface area contributed by atoms with Gasteiger partial charge in [-0.1, -0.05) is 12.8 Å². The molecule has 2 heteroatoms. The molecule has 0 aromatic rings. The molecule has 0 unspecified atom stereocenters. The van der Waals surface area contributed by atoms with E-state index in [9.17, 15) is 0 Å². The maximum atomic E-state index is 6.40. The van der Waals surface area contributed by atoms with Gasteiger partial charge in [0.05, 0.1) is 11.2 Å². The third-order valence-electron chi connectivity index (χ3n) is 4.11. The molecule has 1 heterocycles. The van der Waals surface area contributed by atoms with Crippen molar-refractivity contribution in [2.24, 2.45) is 0 Å². The number of ether oxygens (including phenoxy) is 1. The van der Waals surface area contributed by atoms with Crippen molar-refractivity contribution in [2.75, 3.05) is 13.1 Å². The second kappa shape index (κ2) is 2.71. The van der Waals surface area contributed by atoms with E-state index in [0.717, 1.165) is 13.1 Å². The highest BCUT2D eigenvalue weighted by Gasteiger charge is 2.49. The van der Waals surface area contributed by atoms with E-state index in [-0.39, 0.29) is 11.2 Å². The van der Waals surface area contributed by atoms with Crippen LogP contribution in [0.3, 0.4) is 0 Å². The molecule has 0 aromatic heterocycles. The Morgan fingerprint density at radius 3 is 1.77 bits per heavy atom. The minimum absolute atomic E-state index is 0.249. The summed E-state index contributed by atoms with van der Waals surface area (Å²) >= 11 is 0. The highest BCUT2D eigenvalue weighted by molar-refractivity contribution is 5.02. The molecule has 0 bridgehead atoms.